The van der Waals surface area contributed by atoms with Crippen LogP contribution in [-0.4, -0.2) is 22.8 Å². The first-order valence-electron chi connectivity index (χ1n) is 8.83. The highest BCUT2D eigenvalue weighted by molar-refractivity contribution is 6.31. The molecule has 1 heterocycles. The molecule has 0 spiro atoms. The van der Waals surface area contributed by atoms with Crippen molar-refractivity contribution in [1.82, 2.24) is 9.78 Å². The van der Waals surface area contributed by atoms with Gasteiger partial charge in [-0.05, 0) is 30.7 Å². The molecule has 0 aliphatic heterocycles. The molecule has 28 heavy (non-hydrogen) atoms. The second-order valence-corrected chi connectivity index (χ2v) is 6.56. The van der Waals surface area contributed by atoms with Crippen molar-refractivity contribution in [2.24, 2.45) is 0 Å². The number of anilines is 1. The van der Waals surface area contributed by atoms with Gasteiger partial charge in [-0.15, -0.1) is 0 Å². The van der Waals surface area contributed by atoms with E-state index >= 15 is 0 Å². The van der Waals surface area contributed by atoms with Crippen LogP contribution >= 0.6 is 11.6 Å². The molecule has 7 heteroatoms. The fourth-order valence-corrected chi connectivity index (χ4v) is 3.05. The predicted octanol–water partition coefficient (Wildman–Crippen LogP) is 4.16. The van der Waals surface area contributed by atoms with Crippen LogP contribution in [0.25, 0.3) is 11.3 Å². The van der Waals surface area contributed by atoms with E-state index in [4.69, 9.17) is 16.3 Å². The van der Waals surface area contributed by atoms with E-state index < -0.39 is 6.04 Å². The molecule has 3 rings (SSSR count). The standard InChI is InChI=1S/C21H20ClN3O3/c1-3-18(21(27)23-17-13-15(22)9-11-19(17)28-2)25-20(26)12-10-16(24-25)14-7-5-4-6-8-14/h4-13,18H,3H2,1-2H3,(H,23,27)/t18-/m1/s1. The number of nitrogens with one attached hydrogen (secondary N) is 1. The van der Waals surface area contributed by atoms with Gasteiger partial charge in [0.15, 0.2) is 0 Å². The number of rotatable bonds is 6. The highest BCUT2D eigenvalue weighted by atomic mass is 35.5. The van der Waals surface area contributed by atoms with Crippen LogP contribution in [0.1, 0.15) is 19.4 Å². The number of nitrogens with zero attached hydrogens (tertiary/aromatic N) is 2. The largest absolute Gasteiger partial charge is 0.495 e. The number of benzene rings is 2. The minimum absolute atomic E-state index is 0.347. The van der Waals surface area contributed by atoms with E-state index in [2.05, 4.69) is 10.4 Å². The summed E-state index contributed by atoms with van der Waals surface area (Å²) in [5.74, 6) is 0.105. The second kappa shape index (κ2) is 8.71. The molecule has 0 radical (unpaired) electrons. The number of hydrogen-bond donors (Lipinski definition) is 1. The number of aromatic nitrogens is 2. The Morgan fingerprint density at radius 1 is 1.18 bits per heavy atom. The summed E-state index contributed by atoms with van der Waals surface area (Å²) < 4.78 is 6.48. The molecule has 1 N–H and O–H groups in total. The van der Waals surface area contributed by atoms with Crippen molar-refractivity contribution in [3.8, 4) is 17.0 Å². The van der Waals surface area contributed by atoms with E-state index in [1.165, 1.54) is 17.9 Å². The number of methoxy groups -OCH3 is 1. The molecule has 0 saturated carbocycles. The second-order valence-electron chi connectivity index (χ2n) is 6.13. The average molecular weight is 398 g/mol. The third kappa shape index (κ3) is 4.23. The smallest absolute Gasteiger partial charge is 0.267 e. The molecule has 1 atom stereocenters. The number of halogens is 1. The first-order chi connectivity index (χ1) is 13.5. The maximum atomic E-state index is 12.9. The maximum Gasteiger partial charge on any atom is 0.267 e. The number of carbonyl (C=O) groups is 1. The minimum atomic E-state index is -0.778. The Labute approximate surface area is 167 Å². The van der Waals surface area contributed by atoms with Gasteiger partial charge in [0.25, 0.3) is 5.56 Å². The van der Waals surface area contributed by atoms with E-state index in [1.54, 1.807) is 24.3 Å². The molecule has 0 aliphatic carbocycles. The van der Waals surface area contributed by atoms with E-state index in [1.807, 2.05) is 37.3 Å². The van der Waals surface area contributed by atoms with Crippen LogP contribution < -0.4 is 15.6 Å². The van der Waals surface area contributed by atoms with Crippen molar-refractivity contribution in [3.63, 3.8) is 0 Å². The Balaban J connectivity index is 1.94. The molecular formula is C21H20ClN3O3. The van der Waals surface area contributed by atoms with Gasteiger partial charge in [0.05, 0.1) is 18.5 Å². The van der Waals surface area contributed by atoms with E-state index in [-0.39, 0.29) is 11.5 Å². The van der Waals surface area contributed by atoms with E-state index in [0.29, 0.717) is 28.6 Å². The van der Waals surface area contributed by atoms with Gasteiger partial charge in [0.2, 0.25) is 5.91 Å². The third-order valence-electron chi connectivity index (χ3n) is 4.30. The van der Waals surface area contributed by atoms with Gasteiger partial charge in [-0.1, -0.05) is 48.9 Å². The van der Waals surface area contributed by atoms with Crippen LogP contribution in [0, 0.1) is 0 Å². The van der Waals surface area contributed by atoms with Gasteiger partial charge >= 0.3 is 0 Å². The Morgan fingerprint density at radius 2 is 1.93 bits per heavy atom. The van der Waals surface area contributed by atoms with Crippen LogP contribution in [-0.2, 0) is 4.79 Å². The summed E-state index contributed by atoms with van der Waals surface area (Å²) in [4.78, 5) is 25.3. The lowest BCUT2D eigenvalue weighted by molar-refractivity contribution is -0.119. The number of ether oxygens (including phenoxy) is 1. The predicted molar refractivity (Wildman–Crippen MR) is 110 cm³/mol. The third-order valence-corrected chi connectivity index (χ3v) is 4.53. The zero-order valence-corrected chi connectivity index (χ0v) is 16.3. The quantitative estimate of drug-likeness (QED) is 0.677. The normalized spacial score (nSPS) is 11.7. The minimum Gasteiger partial charge on any atom is -0.495 e. The zero-order valence-electron chi connectivity index (χ0n) is 15.6. The van der Waals surface area contributed by atoms with Crippen molar-refractivity contribution in [3.05, 3.63) is 76.0 Å². The van der Waals surface area contributed by atoms with Crippen molar-refractivity contribution in [2.75, 3.05) is 12.4 Å². The van der Waals surface area contributed by atoms with Gasteiger partial charge in [-0.2, -0.15) is 5.10 Å². The summed E-state index contributed by atoms with van der Waals surface area (Å²) in [5.41, 5.74) is 1.57. The van der Waals surface area contributed by atoms with Crippen molar-refractivity contribution < 1.29 is 9.53 Å². The summed E-state index contributed by atoms with van der Waals surface area (Å²) in [5, 5.41) is 7.68. The first kappa shape index (κ1) is 19.6. The summed E-state index contributed by atoms with van der Waals surface area (Å²) in [7, 11) is 1.51. The summed E-state index contributed by atoms with van der Waals surface area (Å²) in [6, 6.07) is 16.7. The monoisotopic (exact) mass is 397 g/mol. The molecule has 144 valence electrons. The molecule has 0 aliphatic rings. The lowest BCUT2D eigenvalue weighted by atomic mass is 10.1. The van der Waals surface area contributed by atoms with Crippen LogP contribution in [0.15, 0.2) is 65.5 Å². The molecular weight excluding hydrogens is 378 g/mol. The summed E-state index contributed by atoms with van der Waals surface area (Å²) in [6.45, 7) is 1.82. The van der Waals surface area contributed by atoms with Crippen molar-refractivity contribution in [1.29, 1.82) is 0 Å². The zero-order chi connectivity index (χ0) is 20.1. The van der Waals surface area contributed by atoms with E-state index in [9.17, 15) is 9.59 Å². The van der Waals surface area contributed by atoms with Crippen LogP contribution in [0.2, 0.25) is 5.02 Å². The van der Waals surface area contributed by atoms with Crippen molar-refractivity contribution >= 4 is 23.2 Å². The Kier molecular flexibility index (Phi) is 6.11. The summed E-state index contributed by atoms with van der Waals surface area (Å²) >= 11 is 6.03. The first-order valence-corrected chi connectivity index (χ1v) is 9.21. The van der Waals surface area contributed by atoms with Crippen LogP contribution in [0.3, 0.4) is 0 Å². The number of hydrogen-bond acceptors (Lipinski definition) is 4. The molecule has 0 fully saturated rings. The topological polar surface area (TPSA) is 73.2 Å². The molecule has 6 nitrogen and oxygen atoms in total. The molecule has 1 amide bonds. The van der Waals surface area contributed by atoms with Crippen molar-refractivity contribution in [2.45, 2.75) is 19.4 Å². The highest BCUT2D eigenvalue weighted by Crippen LogP contribution is 2.28. The van der Waals surface area contributed by atoms with Gasteiger partial charge in [0.1, 0.15) is 11.8 Å². The molecule has 0 bridgehead atoms. The van der Waals surface area contributed by atoms with Crippen LogP contribution in [0.5, 0.6) is 5.75 Å². The highest BCUT2D eigenvalue weighted by Gasteiger charge is 2.22. The fraction of sp³-hybridized carbons (Fsp3) is 0.190. The van der Waals surface area contributed by atoms with Gasteiger partial charge in [0, 0.05) is 16.7 Å². The average Bonchev–Trinajstić information content (AvgIpc) is 2.71. The number of carbonyl (C=O) groups excluding carboxylic acids is 1. The summed E-state index contributed by atoms with van der Waals surface area (Å²) in [6.07, 6.45) is 0.389. The van der Waals surface area contributed by atoms with Gasteiger partial charge < -0.3 is 10.1 Å². The van der Waals surface area contributed by atoms with Crippen LogP contribution in [0.4, 0.5) is 5.69 Å². The Bertz CT molecular complexity index is 1030. The maximum absolute atomic E-state index is 12.9. The number of amides is 1. The SMILES string of the molecule is CC[C@H](C(=O)Nc1cc(Cl)ccc1OC)n1nc(-c2ccccc2)ccc1=O. The molecule has 0 saturated heterocycles. The molecule has 0 unspecified atom stereocenters. The fourth-order valence-electron chi connectivity index (χ4n) is 2.87. The van der Waals surface area contributed by atoms with Gasteiger partial charge in [-0.3, -0.25) is 9.59 Å². The lowest BCUT2D eigenvalue weighted by Crippen LogP contribution is -2.34. The lowest BCUT2D eigenvalue weighted by Gasteiger charge is -2.18. The van der Waals surface area contributed by atoms with E-state index in [0.717, 1.165) is 5.56 Å². The molecule has 1 aromatic heterocycles. The van der Waals surface area contributed by atoms with Gasteiger partial charge in [-0.25, -0.2) is 4.68 Å². The molecule has 3 aromatic rings. The Hall–Kier alpha value is -3.12. The Morgan fingerprint density at radius 3 is 2.61 bits per heavy atom. The molecule has 2 aromatic carbocycles.